The average molecular weight is 292 g/mol. The van der Waals surface area contributed by atoms with Crippen LogP contribution in [0.1, 0.15) is 40.7 Å². The van der Waals surface area contributed by atoms with E-state index in [1.54, 1.807) is 0 Å². The van der Waals surface area contributed by atoms with Crippen molar-refractivity contribution in [2.45, 2.75) is 32.1 Å². The monoisotopic (exact) mass is 292 g/mol. The van der Waals surface area contributed by atoms with Gasteiger partial charge in [-0.15, -0.1) is 0 Å². The van der Waals surface area contributed by atoms with E-state index < -0.39 is 66.5 Å². The van der Waals surface area contributed by atoms with Crippen LogP contribution < -0.4 is 11.3 Å². The number of nitrogens with two attached hydrogens (primary N) is 1. The third-order valence-electron chi connectivity index (χ3n) is 3.24. The van der Waals surface area contributed by atoms with Crippen LogP contribution in [0, 0.1) is 6.85 Å². The van der Waals surface area contributed by atoms with Crippen LogP contribution in [0.3, 0.4) is 0 Å². The van der Waals surface area contributed by atoms with Crippen LogP contribution in [0.25, 0.3) is 10.9 Å². The number of nitrogen functional groups attached to an aromatic ring is 1. The van der Waals surface area contributed by atoms with Gasteiger partial charge >= 0.3 is 0 Å². The summed E-state index contributed by atoms with van der Waals surface area (Å²) in [7, 11) is 0. The first kappa shape index (κ1) is 7.49. The van der Waals surface area contributed by atoms with E-state index in [1.807, 2.05) is 0 Å². The van der Waals surface area contributed by atoms with Crippen molar-refractivity contribution in [2.24, 2.45) is 0 Å². The van der Waals surface area contributed by atoms with E-state index in [0.717, 1.165) is 6.07 Å². The second-order valence-corrected chi connectivity index (χ2v) is 4.59. The van der Waals surface area contributed by atoms with Crippen molar-refractivity contribution in [3.63, 3.8) is 0 Å². The second-order valence-electron chi connectivity index (χ2n) is 4.59. The van der Waals surface area contributed by atoms with Crippen molar-refractivity contribution in [3.05, 3.63) is 34.3 Å². The molecule has 0 spiro atoms. The van der Waals surface area contributed by atoms with Crippen molar-refractivity contribution >= 4 is 28.2 Å². The summed E-state index contributed by atoms with van der Waals surface area (Å²) < 4.78 is 55.1. The minimum atomic E-state index is -2.99. The number of carbonyl (C=O) groups excluding carboxylic acids is 2. The minimum Gasteiger partial charge on any atom is -0.398 e. The van der Waals surface area contributed by atoms with Crippen LogP contribution >= 0.6 is 0 Å². The maximum absolute atomic E-state index is 13.1. The van der Waals surface area contributed by atoms with Gasteiger partial charge in [0.15, 0.2) is 5.78 Å². The summed E-state index contributed by atoms with van der Waals surface area (Å²) in [5.41, 5.74) is 3.98. The number of fused-ring (bicyclic) bond motifs is 1. The van der Waals surface area contributed by atoms with E-state index in [2.05, 4.69) is 4.98 Å². The second kappa shape index (κ2) is 4.80. The molecule has 0 bridgehead atoms. The van der Waals surface area contributed by atoms with Crippen LogP contribution in [-0.2, 0) is 9.59 Å². The van der Waals surface area contributed by atoms with E-state index >= 15 is 0 Å². The maximum atomic E-state index is 13.1. The van der Waals surface area contributed by atoms with Gasteiger partial charge in [0.1, 0.15) is 11.6 Å². The van der Waals surface area contributed by atoms with Crippen LogP contribution in [-0.4, -0.2) is 21.1 Å². The fraction of sp³-hybridized carbons (Fsp3) is 0.333. The molecule has 1 aliphatic rings. The number of Topliss-reactive ketones (excluding diaryl/α,β-unsaturated/α-hetero) is 2. The first-order valence-electron chi connectivity index (χ1n) is 9.74. The topological polar surface area (TPSA) is 95.0 Å². The molecule has 1 aromatic heterocycles. The number of carbonyl (C=O) groups is 2. The molecule has 1 heterocycles. The number of aromatic nitrogens is 2. The molecule has 1 aliphatic carbocycles. The lowest BCUT2D eigenvalue weighted by Gasteiger charge is -2.24. The molecule has 108 valence electrons. The lowest BCUT2D eigenvalue weighted by molar-refractivity contribution is -0.132. The highest BCUT2D eigenvalue weighted by Crippen LogP contribution is 2.24. The Bertz CT molecular complexity index is 1080. The van der Waals surface area contributed by atoms with Gasteiger partial charge in [0.05, 0.1) is 26.1 Å². The quantitative estimate of drug-likeness (QED) is 0.628. The van der Waals surface area contributed by atoms with Gasteiger partial charge < -0.3 is 5.73 Å². The Morgan fingerprint density at radius 1 is 1.48 bits per heavy atom. The van der Waals surface area contributed by atoms with E-state index in [1.165, 1.54) is 0 Å². The lowest BCUT2D eigenvalue weighted by atomic mass is 9.92. The molecule has 6 heteroatoms. The summed E-state index contributed by atoms with van der Waals surface area (Å²) in [6.45, 7) is -2.99. The van der Waals surface area contributed by atoms with Crippen molar-refractivity contribution in [1.29, 1.82) is 0 Å². The van der Waals surface area contributed by atoms with Gasteiger partial charge in [-0.1, -0.05) is 6.07 Å². The van der Waals surface area contributed by atoms with Gasteiger partial charge in [0.25, 0.3) is 5.56 Å². The Labute approximate surface area is 130 Å². The third kappa shape index (κ3) is 2.12. The summed E-state index contributed by atoms with van der Waals surface area (Å²) in [4.78, 5) is 41.2. The molecule has 6 nitrogen and oxygen atoms in total. The molecular formula is C15H15N3O3. The number of anilines is 1. The summed E-state index contributed by atoms with van der Waals surface area (Å²) in [5.74, 6) is -2.51. The average Bonchev–Trinajstić information content (AvgIpc) is 2.57. The summed E-state index contributed by atoms with van der Waals surface area (Å²) in [5, 5.41) is -0.413. The zero-order valence-corrected chi connectivity index (χ0v) is 10.7. The maximum Gasteiger partial charge on any atom is 0.264 e. The normalized spacial score (nSPS) is 31.6. The van der Waals surface area contributed by atoms with E-state index in [9.17, 15) is 14.4 Å². The van der Waals surface area contributed by atoms with E-state index in [0.29, 0.717) is 4.57 Å². The highest BCUT2D eigenvalue weighted by molar-refractivity contribution is 6.03. The van der Waals surface area contributed by atoms with Crippen LogP contribution in [0.15, 0.2) is 22.9 Å². The van der Waals surface area contributed by atoms with Crippen molar-refractivity contribution < 1.29 is 19.2 Å². The van der Waals surface area contributed by atoms with E-state index in [4.69, 9.17) is 15.3 Å². The Morgan fingerprint density at radius 3 is 3.05 bits per heavy atom. The smallest absolute Gasteiger partial charge is 0.264 e. The molecular weight excluding hydrogens is 270 g/mol. The predicted molar refractivity (Wildman–Crippen MR) is 78.1 cm³/mol. The molecule has 3 atom stereocenters. The lowest BCUT2D eigenvalue weighted by Crippen LogP contribution is -2.36. The van der Waals surface area contributed by atoms with Crippen LogP contribution in [0.4, 0.5) is 5.69 Å². The third-order valence-corrected chi connectivity index (χ3v) is 3.24. The van der Waals surface area contributed by atoms with Gasteiger partial charge in [-0.25, -0.2) is 4.98 Å². The molecule has 1 aromatic carbocycles. The number of aryl methyl sites for hydroxylation is 1. The zero-order valence-electron chi connectivity index (χ0n) is 17.7. The van der Waals surface area contributed by atoms with Gasteiger partial charge in [-0.05, 0) is 25.3 Å². The van der Waals surface area contributed by atoms with Crippen LogP contribution in [0.2, 0.25) is 0 Å². The Hall–Kier alpha value is -2.50. The number of hydrogen-bond acceptors (Lipinski definition) is 5. The van der Waals surface area contributed by atoms with Gasteiger partial charge in [0.2, 0.25) is 0 Å². The van der Waals surface area contributed by atoms with E-state index in [-0.39, 0.29) is 17.2 Å². The largest absolute Gasteiger partial charge is 0.398 e. The molecule has 0 saturated heterocycles. The molecule has 3 unspecified atom stereocenters. The Balaban J connectivity index is 2.46. The zero-order chi connectivity index (χ0) is 21.1. The number of ketones is 2. The van der Waals surface area contributed by atoms with Crippen molar-refractivity contribution in [3.8, 4) is 0 Å². The van der Waals surface area contributed by atoms with Gasteiger partial charge in [-0.2, -0.15) is 0 Å². The van der Waals surface area contributed by atoms with Gasteiger partial charge in [0, 0.05) is 18.9 Å². The molecule has 21 heavy (non-hydrogen) atoms. The molecule has 3 rings (SSSR count). The molecule has 1 saturated carbocycles. The molecule has 0 radical (unpaired) electrons. The standard InChI is InChI=1S/C15H15N3O3/c1-8-17-11-4-2-3-10(16)14(11)15(21)18(8)12-6-5-9(19)7-13(12)20/h2-4,12H,5-7,16H2,1H3/i1D3,3D,4D,5D,6D. The van der Waals surface area contributed by atoms with Crippen molar-refractivity contribution in [1.82, 2.24) is 9.55 Å². The minimum absolute atomic E-state index is 0.343. The summed E-state index contributed by atoms with van der Waals surface area (Å²) in [6, 6.07) is -1.46. The number of rotatable bonds is 1. The Kier molecular flexibility index (Phi) is 1.71. The molecule has 0 aliphatic heterocycles. The summed E-state index contributed by atoms with van der Waals surface area (Å²) in [6.07, 6.45) is -4.07. The molecule has 1 fully saturated rings. The first-order chi connectivity index (χ1) is 12.9. The SMILES string of the molecule is [2H]c1cc([2H])c2nc(C([2H])([2H])[2H])n(C3C(=O)CC(=O)C([2H])C3[2H])c(=O)c2c1N. The predicted octanol–water partition coefficient (Wildman–Crippen LogP) is 1.15. The summed E-state index contributed by atoms with van der Waals surface area (Å²) >= 11 is 0. The fourth-order valence-electron chi connectivity index (χ4n) is 2.26. The van der Waals surface area contributed by atoms with Crippen LogP contribution in [0.5, 0.6) is 0 Å². The number of nitrogens with zero attached hydrogens (tertiary/aromatic N) is 2. The van der Waals surface area contributed by atoms with Gasteiger partial charge in [-0.3, -0.25) is 19.0 Å². The highest BCUT2D eigenvalue weighted by atomic mass is 16.2. The number of hydrogen-bond donors (Lipinski definition) is 1. The number of benzene rings is 1. The molecule has 0 amide bonds. The first-order valence-corrected chi connectivity index (χ1v) is 6.08. The highest BCUT2D eigenvalue weighted by Gasteiger charge is 2.30. The van der Waals surface area contributed by atoms with Crippen molar-refractivity contribution in [2.75, 3.05) is 5.73 Å². The molecule has 2 aromatic rings. The fourth-order valence-corrected chi connectivity index (χ4v) is 2.26. The Morgan fingerprint density at radius 2 is 2.29 bits per heavy atom. The molecule has 2 N–H and O–H groups in total.